The molecule has 0 fully saturated rings. The van der Waals surface area contributed by atoms with Crippen molar-refractivity contribution >= 4 is 17.8 Å². The van der Waals surface area contributed by atoms with Gasteiger partial charge in [-0.3, -0.25) is 10.4 Å². The first kappa shape index (κ1) is 9.88. The van der Waals surface area contributed by atoms with Crippen LogP contribution in [0, 0.1) is 5.82 Å². The highest BCUT2D eigenvalue weighted by Gasteiger charge is 2.03. The number of rotatable bonds is 3. The molecule has 0 amide bonds. The molecule has 1 aromatic rings. The topological polar surface area (TPSA) is 63.3 Å². The van der Waals surface area contributed by atoms with Gasteiger partial charge in [-0.1, -0.05) is 11.6 Å². The fraction of sp³-hybridized carbons (Fsp3) is 0.143. The Morgan fingerprint density at radius 1 is 1.69 bits per heavy atom. The van der Waals surface area contributed by atoms with Gasteiger partial charge in [0.25, 0.3) is 0 Å². The second-order valence-corrected chi connectivity index (χ2v) is 2.54. The molecule has 0 aliphatic rings. The number of nitrogens with one attached hydrogen (secondary N) is 1. The van der Waals surface area contributed by atoms with E-state index in [0.29, 0.717) is 0 Å². The monoisotopic (exact) mass is 202 g/mol. The average Bonchev–Trinajstić information content (AvgIpc) is 2.10. The number of halogens is 2. The molecule has 0 atom stereocenters. The third-order valence-corrected chi connectivity index (χ3v) is 1.57. The van der Waals surface area contributed by atoms with Crippen LogP contribution in [0.5, 0.6) is 0 Å². The van der Waals surface area contributed by atoms with Crippen molar-refractivity contribution in [2.24, 2.45) is 10.8 Å². The van der Waals surface area contributed by atoms with Crippen LogP contribution in [-0.4, -0.2) is 17.9 Å². The Hall–Kier alpha value is -1.20. The number of nitrogens with zero attached hydrogens (tertiary/aromatic N) is 2. The van der Waals surface area contributed by atoms with E-state index >= 15 is 0 Å². The predicted octanol–water partition coefficient (Wildman–Crippen LogP) is 0.714. The summed E-state index contributed by atoms with van der Waals surface area (Å²) in [6, 6.07) is 0. The minimum atomic E-state index is -0.518. The van der Waals surface area contributed by atoms with Crippen LogP contribution in [0.2, 0.25) is 5.02 Å². The van der Waals surface area contributed by atoms with Gasteiger partial charge in [0.2, 0.25) is 0 Å². The van der Waals surface area contributed by atoms with Crippen molar-refractivity contribution in [1.82, 2.24) is 10.4 Å². The first-order chi connectivity index (χ1) is 6.25. The summed E-state index contributed by atoms with van der Waals surface area (Å²) < 4.78 is 13.0. The number of hydrogen-bond donors (Lipinski definition) is 2. The largest absolute Gasteiger partial charge is 0.313 e. The Balaban J connectivity index is 2.87. The Kier molecular flexibility index (Phi) is 3.60. The molecule has 1 aromatic heterocycles. The summed E-state index contributed by atoms with van der Waals surface area (Å²) in [4.78, 5) is 3.56. The van der Waals surface area contributed by atoms with E-state index in [1.165, 1.54) is 12.4 Å². The highest BCUT2D eigenvalue weighted by atomic mass is 35.5. The number of nitrogens with two attached hydrogens (primary N) is 1. The van der Waals surface area contributed by atoms with Crippen molar-refractivity contribution in [3.8, 4) is 0 Å². The zero-order valence-corrected chi connectivity index (χ0v) is 7.42. The van der Waals surface area contributed by atoms with E-state index in [0.717, 1.165) is 6.20 Å². The Morgan fingerprint density at radius 3 is 3.08 bits per heavy atom. The van der Waals surface area contributed by atoms with E-state index in [1.807, 2.05) is 0 Å². The lowest BCUT2D eigenvalue weighted by Gasteiger charge is -1.98. The third-order valence-electron chi connectivity index (χ3n) is 1.27. The summed E-state index contributed by atoms with van der Waals surface area (Å²) in [6.07, 6.45) is 3.66. The maximum Gasteiger partial charge on any atom is 0.151 e. The lowest BCUT2D eigenvalue weighted by Crippen LogP contribution is -2.16. The summed E-state index contributed by atoms with van der Waals surface area (Å²) in [5.74, 6) is -0.518. The highest BCUT2D eigenvalue weighted by Crippen LogP contribution is 2.14. The molecular formula is C7H8ClFN4. The molecule has 0 bridgehead atoms. The lowest BCUT2D eigenvalue weighted by molar-refractivity contribution is 0.619. The smallest absolute Gasteiger partial charge is 0.151 e. The van der Waals surface area contributed by atoms with E-state index in [1.54, 1.807) is 0 Å². The molecular weight excluding hydrogens is 195 g/mol. The van der Waals surface area contributed by atoms with Gasteiger partial charge in [0.15, 0.2) is 5.82 Å². The second kappa shape index (κ2) is 4.74. The fourth-order valence-corrected chi connectivity index (χ4v) is 0.903. The van der Waals surface area contributed by atoms with Crippen LogP contribution in [0.1, 0.15) is 5.56 Å². The summed E-state index contributed by atoms with van der Waals surface area (Å²) in [5.41, 5.74) is 7.75. The number of pyridine rings is 1. The van der Waals surface area contributed by atoms with Gasteiger partial charge in [-0.2, -0.15) is 5.10 Å². The van der Waals surface area contributed by atoms with Crippen molar-refractivity contribution < 1.29 is 4.39 Å². The van der Waals surface area contributed by atoms with Crippen LogP contribution in [-0.2, 0) is 0 Å². The maximum atomic E-state index is 13.0. The molecule has 13 heavy (non-hydrogen) atoms. The summed E-state index contributed by atoms with van der Waals surface area (Å²) in [7, 11) is 0. The first-order valence-electron chi connectivity index (χ1n) is 3.50. The summed E-state index contributed by atoms with van der Waals surface area (Å²) in [5, 5.41) is 3.84. The van der Waals surface area contributed by atoms with E-state index in [4.69, 9.17) is 17.3 Å². The number of hydrogen-bond acceptors (Lipinski definition) is 4. The van der Waals surface area contributed by atoms with E-state index < -0.39 is 5.82 Å². The van der Waals surface area contributed by atoms with Crippen molar-refractivity contribution in [2.75, 3.05) is 6.67 Å². The van der Waals surface area contributed by atoms with Gasteiger partial charge in [-0.05, 0) is 0 Å². The van der Waals surface area contributed by atoms with E-state index in [2.05, 4.69) is 15.5 Å². The zero-order chi connectivity index (χ0) is 9.68. The molecule has 1 rings (SSSR count). The van der Waals surface area contributed by atoms with Gasteiger partial charge in [0.1, 0.15) is 0 Å². The molecule has 6 heteroatoms. The van der Waals surface area contributed by atoms with E-state index in [9.17, 15) is 4.39 Å². The van der Waals surface area contributed by atoms with Crippen LogP contribution in [0.15, 0.2) is 17.5 Å². The second-order valence-electron chi connectivity index (χ2n) is 2.14. The quantitative estimate of drug-likeness (QED) is 0.431. The zero-order valence-electron chi connectivity index (χ0n) is 6.67. The molecule has 0 aliphatic carbocycles. The van der Waals surface area contributed by atoms with Crippen molar-refractivity contribution in [3.05, 3.63) is 28.8 Å². The molecule has 3 N–H and O–H groups in total. The maximum absolute atomic E-state index is 13.0. The van der Waals surface area contributed by atoms with Gasteiger partial charge in [-0.15, -0.1) is 0 Å². The molecule has 0 aliphatic heterocycles. The van der Waals surface area contributed by atoms with Gasteiger partial charge in [-0.25, -0.2) is 4.39 Å². The molecule has 0 radical (unpaired) electrons. The number of hydrazone groups is 1. The summed E-state index contributed by atoms with van der Waals surface area (Å²) in [6.45, 7) is 0.181. The Labute approximate surface area is 79.6 Å². The van der Waals surface area contributed by atoms with Gasteiger partial charge in [0.05, 0.1) is 29.7 Å². The van der Waals surface area contributed by atoms with E-state index in [-0.39, 0.29) is 17.3 Å². The standard InChI is InChI=1S/C7H8ClFN4/c8-6-2-11-3-7(9)5(6)1-12-13-4-10/h1-3,13H,4,10H2/b12-1+. The minimum Gasteiger partial charge on any atom is -0.313 e. The Bertz CT molecular complexity index is 295. The van der Waals surface area contributed by atoms with Crippen LogP contribution in [0.4, 0.5) is 4.39 Å². The van der Waals surface area contributed by atoms with Crippen molar-refractivity contribution in [1.29, 1.82) is 0 Å². The van der Waals surface area contributed by atoms with Crippen molar-refractivity contribution in [2.45, 2.75) is 0 Å². The minimum absolute atomic E-state index is 0.181. The molecule has 4 nitrogen and oxygen atoms in total. The lowest BCUT2D eigenvalue weighted by atomic mass is 10.3. The number of aromatic nitrogens is 1. The Morgan fingerprint density at radius 2 is 2.46 bits per heavy atom. The van der Waals surface area contributed by atoms with Crippen LogP contribution < -0.4 is 11.2 Å². The molecule has 0 saturated carbocycles. The highest BCUT2D eigenvalue weighted by molar-refractivity contribution is 6.32. The van der Waals surface area contributed by atoms with Crippen LogP contribution >= 0.6 is 11.6 Å². The molecule has 0 spiro atoms. The molecule has 0 saturated heterocycles. The SMILES string of the molecule is NCN/N=C/c1c(F)cncc1Cl. The normalized spacial score (nSPS) is 10.7. The van der Waals surface area contributed by atoms with Crippen molar-refractivity contribution in [3.63, 3.8) is 0 Å². The average molecular weight is 203 g/mol. The molecule has 1 heterocycles. The predicted molar refractivity (Wildman–Crippen MR) is 49.0 cm³/mol. The van der Waals surface area contributed by atoms with Gasteiger partial charge < -0.3 is 5.73 Å². The first-order valence-corrected chi connectivity index (χ1v) is 3.88. The molecule has 0 unspecified atom stereocenters. The van der Waals surface area contributed by atoms with Crippen LogP contribution in [0.25, 0.3) is 0 Å². The van der Waals surface area contributed by atoms with Gasteiger partial charge in [0, 0.05) is 6.20 Å². The molecule has 70 valence electrons. The fourth-order valence-electron chi connectivity index (χ4n) is 0.708. The third kappa shape index (κ3) is 2.64. The molecule has 0 aromatic carbocycles. The van der Waals surface area contributed by atoms with Crippen LogP contribution in [0.3, 0.4) is 0 Å². The van der Waals surface area contributed by atoms with Gasteiger partial charge >= 0.3 is 0 Å². The summed E-state index contributed by atoms with van der Waals surface area (Å²) >= 11 is 5.66.